The van der Waals surface area contributed by atoms with Crippen LogP contribution in [-0.2, 0) is 4.79 Å². The molecule has 1 aromatic carbocycles. The SMILES string of the molecule is CCC(C)N(CC)C(C)C(=O)Nc1cc(N)ccc1OC. The Labute approximate surface area is 127 Å². The second-order valence-corrected chi connectivity index (χ2v) is 5.21. The first-order valence-electron chi connectivity index (χ1n) is 7.44. The summed E-state index contributed by atoms with van der Waals surface area (Å²) >= 11 is 0. The molecule has 118 valence electrons. The molecule has 2 unspecified atom stereocenters. The van der Waals surface area contributed by atoms with Gasteiger partial charge in [-0.3, -0.25) is 9.69 Å². The summed E-state index contributed by atoms with van der Waals surface area (Å²) in [6.45, 7) is 9.08. The number of nitrogens with one attached hydrogen (secondary N) is 1. The van der Waals surface area contributed by atoms with Crippen molar-refractivity contribution in [2.24, 2.45) is 0 Å². The van der Waals surface area contributed by atoms with Gasteiger partial charge in [-0.1, -0.05) is 13.8 Å². The first-order valence-corrected chi connectivity index (χ1v) is 7.44. The monoisotopic (exact) mass is 293 g/mol. The molecule has 0 aliphatic heterocycles. The number of methoxy groups -OCH3 is 1. The summed E-state index contributed by atoms with van der Waals surface area (Å²) < 4.78 is 5.25. The molecular formula is C16H27N3O2. The van der Waals surface area contributed by atoms with Crippen LogP contribution in [0.2, 0.25) is 0 Å². The van der Waals surface area contributed by atoms with E-state index >= 15 is 0 Å². The van der Waals surface area contributed by atoms with E-state index < -0.39 is 0 Å². The topological polar surface area (TPSA) is 67.6 Å². The zero-order valence-electron chi connectivity index (χ0n) is 13.6. The summed E-state index contributed by atoms with van der Waals surface area (Å²) in [7, 11) is 1.57. The van der Waals surface area contributed by atoms with Gasteiger partial charge >= 0.3 is 0 Å². The van der Waals surface area contributed by atoms with Gasteiger partial charge in [0.2, 0.25) is 5.91 Å². The molecule has 0 radical (unpaired) electrons. The second kappa shape index (κ2) is 7.88. The van der Waals surface area contributed by atoms with Crippen LogP contribution in [0.3, 0.4) is 0 Å². The number of ether oxygens (including phenoxy) is 1. The standard InChI is InChI=1S/C16H27N3O2/c1-6-11(3)19(7-2)12(4)16(20)18-14-10-13(17)8-9-15(14)21-5/h8-12H,6-7,17H2,1-5H3,(H,18,20). The van der Waals surface area contributed by atoms with Crippen molar-refractivity contribution in [3.63, 3.8) is 0 Å². The highest BCUT2D eigenvalue weighted by Gasteiger charge is 2.24. The molecule has 5 heteroatoms. The summed E-state index contributed by atoms with van der Waals surface area (Å²) in [5, 5.41) is 2.91. The highest BCUT2D eigenvalue weighted by molar-refractivity contribution is 5.96. The van der Waals surface area contributed by atoms with E-state index in [2.05, 4.69) is 31.0 Å². The van der Waals surface area contributed by atoms with Gasteiger partial charge in [-0.05, 0) is 45.0 Å². The molecule has 0 saturated carbocycles. The number of hydrogen-bond acceptors (Lipinski definition) is 4. The molecular weight excluding hydrogens is 266 g/mol. The Morgan fingerprint density at radius 1 is 1.38 bits per heavy atom. The quantitative estimate of drug-likeness (QED) is 0.759. The maximum atomic E-state index is 12.5. The van der Waals surface area contributed by atoms with Gasteiger partial charge in [0.15, 0.2) is 0 Å². The van der Waals surface area contributed by atoms with E-state index in [1.807, 2.05) is 6.92 Å². The summed E-state index contributed by atoms with van der Waals surface area (Å²) in [5.41, 5.74) is 6.97. The van der Waals surface area contributed by atoms with Crippen LogP contribution in [0.5, 0.6) is 5.75 Å². The summed E-state index contributed by atoms with van der Waals surface area (Å²) in [6, 6.07) is 5.36. The van der Waals surface area contributed by atoms with Crippen molar-refractivity contribution in [3.8, 4) is 5.75 Å². The van der Waals surface area contributed by atoms with Gasteiger partial charge < -0.3 is 15.8 Å². The molecule has 0 heterocycles. The third-order valence-corrected chi connectivity index (χ3v) is 3.88. The van der Waals surface area contributed by atoms with Crippen LogP contribution in [0.1, 0.15) is 34.1 Å². The highest BCUT2D eigenvalue weighted by atomic mass is 16.5. The molecule has 1 rings (SSSR count). The van der Waals surface area contributed by atoms with Crippen LogP contribution in [0.15, 0.2) is 18.2 Å². The molecule has 2 atom stereocenters. The first kappa shape index (κ1) is 17.3. The van der Waals surface area contributed by atoms with Gasteiger partial charge in [0, 0.05) is 11.7 Å². The van der Waals surface area contributed by atoms with Crippen molar-refractivity contribution in [2.45, 2.75) is 46.2 Å². The molecule has 1 aromatic rings. The van der Waals surface area contributed by atoms with Gasteiger partial charge in [-0.15, -0.1) is 0 Å². The normalized spacial score (nSPS) is 13.8. The van der Waals surface area contributed by atoms with Crippen LogP contribution in [-0.4, -0.2) is 36.5 Å². The number of amides is 1. The number of nitrogens with two attached hydrogens (primary N) is 1. The zero-order valence-corrected chi connectivity index (χ0v) is 13.6. The predicted molar refractivity (Wildman–Crippen MR) is 87.6 cm³/mol. The number of carbonyl (C=O) groups is 1. The van der Waals surface area contributed by atoms with E-state index in [-0.39, 0.29) is 11.9 Å². The van der Waals surface area contributed by atoms with E-state index in [9.17, 15) is 4.79 Å². The zero-order chi connectivity index (χ0) is 16.0. The van der Waals surface area contributed by atoms with Gasteiger partial charge in [0.1, 0.15) is 5.75 Å². The van der Waals surface area contributed by atoms with E-state index in [0.29, 0.717) is 23.2 Å². The molecule has 0 fully saturated rings. The molecule has 5 nitrogen and oxygen atoms in total. The predicted octanol–water partition coefficient (Wildman–Crippen LogP) is 2.72. The first-order chi connectivity index (χ1) is 9.94. The van der Waals surface area contributed by atoms with E-state index in [0.717, 1.165) is 13.0 Å². The molecule has 0 spiro atoms. The van der Waals surface area contributed by atoms with E-state index in [1.165, 1.54) is 0 Å². The van der Waals surface area contributed by atoms with Crippen molar-refractivity contribution in [1.29, 1.82) is 0 Å². The van der Waals surface area contributed by atoms with Crippen LogP contribution in [0.25, 0.3) is 0 Å². The number of likely N-dealkylation sites (N-methyl/N-ethyl adjacent to an activating group) is 1. The number of nitrogens with zero attached hydrogens (tertiary/aromatic N) is 1. The molecule has 3 N–H and O–H groups in total. The third-order valence-electron chi connectivity index (χ3n) is 3.88. The summed E-state index contributed by atoms with van der Waals surface area (Å²) in [6.07, 6.45) is 1.01. The summed E-state index contributed by atoms with van der Waals surface area (Å²) in [5.74, 6) is 0.553. The molecule has 0 aliphatic rings. The van der Waals surface area contributed by atoms with Crippen LogP contribution in [0, 0.1) is 0 Å². The second-order valence-electron chi connectivity index (χ2n) is 5.21. The minimum atomic E-state index is -0.212. The number of hydrogen-bond donors (Lipinski definition) is 2. The summed E-state index contributed by atoms with van der Waals surface area (Å²) in [4.78, 5) is 14.6. The van der Waals surface area contributed by atoms with Crippen molar-refractivity contribution < 1.29 is 9.53 Å². The lowest BCUT2D eigenvalue weighted by Crippen LogP contribution is -2.46. The fourth-order valence-electron chi connectivity index (χ4n) is 2.41. The van der Waals surface area contributed by atoms with Crippen molar-refractivity contribution in [2.75, 3.05) is 24.7 Å². The third kappa shape index (κ3) is 4.36. The van der Waals surface area contributed by atoms with E-state index in [1.54, 1.807) is 25.3 Å². The lowest BCUT2D eigenvalue weighted by atomic mass is 10.1. The number of nitrogen functional groups attached to an aromatic ring is 1. The fraction of sp³-hybridized carbons (Fsp3) is 0.562. The average molecular weight is 293 g/mol. The number of benzene rings is 1. The largest absolute Gasteiger partial charge is 0.495 e. The number of anilines is 2. The van der Waals surface area contributed by atoms with Gasteiger partial charge in [0.25, 0.3) is 0 Å². The van der Waals surface area contributed by atoms with Crippen LogP contribution >= 0.6 is 0 Å². The highest BCUT2D eigenvalue weighted by Crippen LogP contribution is 2.27. The van der Waals surface area contributed by atoms with Crippen molar-refractivity contribution in [3.05, 3.63) is 18.2 Å². The molecule has 1 amide bonds. The Morgan fingerprint density at radius 2 is 2.05 bits per heavy atom. The Bertz CT molecular complexity index is 477. The van der Waals surface area contributed by atoms with Crippen molar-refractivity contribution >= 4 is 17.3 Å². The van der Waals surface area contributed by atoms with Crippen molar-refractivity contribution in [1.82, 2.24) is 4.90 Å². The molecule has 0 aromatic heterocycles. The lowest BCUT2D eigenvalue weighted by Gasteiger charge is -2.32. The molecule has 21 heavy (non-hydrogen) atoms. The minimum absolute atomic E-state index is 0.0546. The number of rotatable bonds is 7. The molecule has 0 aliphatic carbocycles. The Kier molecular flexibility index (Phi) is 6.49. The molecule has 0 saturated heterocycles. The molecule has 0 bridgehead atoms. The van der Waals surface area contributed by atoms with Crippen LogP contribution in [0.4, 0.5) is 11.4 Å². The van der Waals surface area contributed by atoms with E-state index in [4.69, 9.17) is 10.5 Å². The van der Waals surface area contributed by atoms with Gasteiger partial charge in [0.05, 0.1) is 18.8 Å². The van der Waals surface area contributed by atoms with Crippen LogP contribution < -0.4 is 15.8 Å². The maximum absolute atomic E-state index is 12.5. The minimum Gasteiger partial charge on any atom is -0.495 e. The Morgan fingerprint density at radius 3 is 2.57 bits per heavy atom. The Balaban J connectivity index is 2.87. The fourth-order valence-corrected chi connectivity index (χ4v) is 2.41. The smallest absolute Gasteiger partial charge is 0.241 e. The average Bonchev–Trinajstić information content (AvgIpc) is 2.47. The number of carbonyl (C=O) groups excluding carboxylic acids is 1. The maximum Gasteiger partial charge on any atom is 0.241 e. The Hall–Kier alpha value is -1.75. The lowest BCUT2D eigenvalue weighted by molar-refractivity contribution is -0.121. The van der Waals surface area contributed by atoms with Gasteiger partial charge in [-0.25, -0.2) is 0 Å². The van der Waals surface area contributed by atoms with Gasteiger partial charge in [-0.2, -0.15) is 0 Å².